The molecule has 2 heterocycles. The average molecular weight is 420 g/mol. The van der Waals surface area contributed by atoms with Gasteiger partial charge >= 0.3 is 6.18 Å². The highest BCUT2D eigenvalue weighted by molar-refractivity contribution is 5.89. The molecule has 0 fully saturated rings. The molecular formula is C22H27F3N4O. The maximum atomic E-state index is 13.8. The Morgan fingerprint density at radius 3 is 2.33 bits per heavy atom. The van der Waals surface area contributed by atoms with Crippen LogP contribution in [-0.4, -0.2) is 26.6 Å². The number of fused-ring (bicyclic) bond motifs is 1. The Morgan fingerprint density at radius 2 is 1.77 bits per heavy atom. The van der Waals surface area contributed by atoms with Gasteiger partial charge in [-0.2, -0.15) is 13.2 Å². The fraction of sp³-hybridized carbons (Fsp3) is 0.500. The number of halogens is 3. The quantitative estimate of drug-likeness (QED) is 0.434. The predicted octanol–water partition coefficient (Wildman–Crippen LogP) is 6.22. The van der Waals surface area contributed by atoms with Crippen LogP contribution in [-0.2, 0) is 12.6 Å². The first-order chi connectivity index (χ1) is 14.3. The van der Waals surface area contributed by atoms with Crippen LogP contribution in [0.15, 0.2) is 24.5 Å². The number of ether oxygens (including phenoxy) is 1. The van der Waals surface area contributed by atoms with E-state index < -0.39 is 11.7 Å². The van der Waals surface area contributed by atoms with Crippen LogP contribution in [0.2, 0.25) is 0 Å². The van der Waals surface area contributed by atoms with Crippen molar-refractivity contribution in [1.29, 1.82) is 0 Å². The molecule has 30 heavy (non-hydrogen) atoms. The van der Waals surface area contributed by atoms with Crippen LogP contribution in [0.25, 0.3) is 22.4 Å². The van der Waals surface area contributed by atoms with E-state index in [-0.39, 0.29) is 23.0 Å². The fourth-order valence-electron chi connectivity index (χ4n) is 3.94. The smallest absolute Gasteiger partial charge is 0.417 e. The van der Waals surface area contributed by atoms with E-state index in [4.69, 9.17) is 9.72 Å². The summed E-state index contributed by atoms with van der Waals surface area (Å²) in [5.41, 5.74) is 0.365. The lowest BCUT2D eigenvalue weighted by Crippen LogP contribution is -2.13. The van der Waals surface area contributed by atoms with Crippen molar-refractivity contribution in [1.82, 2.24) is 19.5 Å². The summed E-state index contributed by atoms with van der Waals surface area (Å²) in [6, 6.07) is 4.11. The van der Waals surface area contributed by atoms with Gasteiger partial charge < -0.3 is 9.30 Å². The molecule has 0 saturated heterocycles. The van der Waals surface area contributed by atoms with Crippen molar-refractivity contribution in [3.8, 4) is 17.0 Å². The van der Waals surface area contributed by atoms with Gasteiger partial charge in [-0.05, 0) is 31.0 Å². The molecule has 0 saturated carbocycles. The Balaban J connectivity index is 2.28. The molecule has 0 bridgehead atoms. The number of hydrogen-bond acceptors (Lipinski definition) is 4. The van der Waals surface area contributed by atoms with E-state index in [1.165, 1.54) is 25.6 Å². The summed E-state index contributed by atoms with van der Waals surface area (Å²) in [5.74, 6) is 0.961. The summed E-state index contributed by atoms with van der Waals surface area (Å²) >= 11 is 0. The topological polar surface area (TPSA) is 52.8 Å². The van der Waals surface area contributed by atoms with Crippen LogP contribution in [0.1, 0.15) is 63.9 Å². The predicted molar refractivity (Wildman–Crippen MR) is 111 cm³/mol. The lowest BCUT2D eigenvalue weighted by molar-refractivity contribution is -0.137. The molecule has 162 valence electrons. The minimum atomic E-state index is -4.55. The van der Waals surface area contributed by atoms with Gasteiger partial charge in [-0.15, -0.1) is 0 Å². The van der Waals surface area contributed by atoms with E-state index in [1.54, 1.807) is 0 Å². The van der Waals surface area contributed by atoms with Gasteiger partial charge in [0.05, 0.1) is 12.7 Å². The number of nitrogens with zero attached hydrogens (tertiary/aromatic N) is 4. The molecule has 5 nitrogen and oxygen atoms in total. The molecule has 0 atom stereocenters. The molecule has 0 aliphatic rings. The highest BCUT2D eigenvalue weighted by atomic mass is 19.4. The summed E-state index contributed by atoms with van der Waals surface area (Å²) in [7, 11) is 1.34. The number of aromatic nitrogens is 4. The number of alkyl halides is 3. The van der Waals surface area contributed by atoms with Crippen molar-refractivity contribution in [3.63, 3.8) is 0 Å². The molecule has 0 amide bonds. The third kappa shape index (κ3) is 4.13. The van der Waals surface area contributed by atoms with Crippen molar-refractivity contribution in [2.75, 3.05) is 7.11 Å². The van der Waals surface area contributed by atoms with Crippen molar-refractivity contribution in [2.24, 2.45) is 0 Å². The number of rotatable bonds is 8. The van der Waals surface area contributed by atoms with Gasteiger partial charge in [0, 0.05) is 18.0 Å². The van der Waals surface area contributed by atoms with Crippen LogP contribution < -0.4 is 4.74 Å². The van der Waals surface area contributed by atoms with Gasteiger partial charge in [0.2, 0.25) is 0 Å². The van der Waals surface area contributed by atoms with Gasteiger partial charge in [0.25, 0.3) is 0 Å². The average Bonchev–Trinajstić information content (AvgIpc) is 3.11. The fourth-order valence-corrected chi connectivity index (χ4v) is 3.94. The van der Waals surface area contributed by atoms with Crippen molar-refractivity contribution >= 4 is 11.2 Å². The van der Waals surface area contributed by atoms with Gasteiger partial charge in [-0.1, -0.05) is 33.6 Å². The Hall–Kier alpha value is -2.64. The van der Waals surface area contributed by atoms with E-state index in [1.807, 2.05) is 6.92 Å². The number of imidazole rings is 1. The summed E-state index contributed by atoms with van der Waals surface area (Å²) < 4.78 is 48.5. The van der Waals surface area contributed by atoms with Crippen LogP contribution in [0.3, 0.4) is 0 Å². The molecule has 3 rings (SSSR count). The molecule has 3 aromatic rings. The van der Waals surface area contributed by atoms with Crippen LogP contribution >= 0.6 is 0 Å². The molecule has 0 spiro atoms. The molecule has 0 aliphatic carbocycles. The zero-order valence-corrected chi connectivity index (χ0v) is 17.8. The Labute approximate surface area is 174 Å². The van der Waals surface area contributed by atoms with Crippen LogP contribution in [0.4, 0.5) is 13.2 Å². The van der Waals surface area contributed by atoms with Crippen molar-refractivity contribution < 1.29 is 17.9 Å². The second-order valence-electron chi connectivity index (χ2n) is 7.29. The van der Waals surface area contributed by atoms with E-state index >= 15 is 0 Å². The van der Waals surface area contributed by atoms with Gasteiger partial charge in [0.1, 0.15) is 29.1 Å². The van der Waals surface area contributed by atoms with Gasteiger partial charge in [-0.25, -0.2) is 15.0 Å². The SMILES string of the molecule is CCCC(CCC)n1c(CC)nc2c(-c3ccc(OC)cc3C(F)(F)F)ncnc21. The largest absolute Gasteiger partial charge is 0.497 e. The summed E-state index contributed by atoms with van der Waals surface area (Å²) in [6.45, 7) is 6.25. The number of hydrogen-bond donors (Lipinski definition) is 0. The van der Waals surface area contributed by atoms with E-state index in [2.05, 4.69) is 28.4 Å². The summed E-state index contributed by atoms with van der Waals surface area (Å²) in [4.78, 5) is 13.3. The zero-order valence-electron chi connectivity index (χ0n) is 17.8. The van der Waals surface area contributed by atoms with Gasteiger partial charge in [-0.3, -0.25) is 0 Å². The zero-order chi connectivity index (χ0) is 21.9. The molecule has 8 heteroatoms. The maximum absolute atomic E-state index is 13.8. The summed E-state index contributed by atoms with van der Waals surface area (Å²) in [5, 5.41) is 0. The molecule has 0 N–H and O–H groups in total. The van der Waals surface area contributed by atoms with Crippen LogP contribution in [0.5, 0.6) is 5.75 Å². The Morgan fingerprint density at radius 1 is 1.07 bits per heavy atom. The molecular weight excluding hydrogens is 393 g/mol. The Bertz CT molecular complexity index is 1010. The second-order valence-corrected chi connectivity index (χ2v) is 7.29. The second kappa shape index (κ2) is 9.02. The van der Waals surface area contributed by atoms with Crippen molar-refractivity contribution in [2.45, 2.75) is 65.1 Å². The minimum absolute atomic E-state index is 0.0227. The van der Waals surface area contributed by atoms with E-state index in [0.717, 1.165) is 37.6 Å². The molecule has 0 aliphatic heterocycles. The van der Waals surface area contributed by atoms with Gasteiger partial charge in [0.15, 0.2) is 5.65 Å². The highest BCUT2D eigenvalue weighted by Gasteiger charge is 2.35. The number of methoxy groups -OCH3 is 1. The molecule has 2 aromatic heterocycles. The lowest BCUT2D eigenvalue weighted by atomic mass is 10.0. The Kier molecular flexibility index (Phi) is 6.63. The summed E-state index contributed by atoms with van der Waals surface area (Å²) in [6.07, 6.45) is 1.36. The molecule has 0 unspecified atom stereocenters. The van der Waals surface area contributed by atoms with Crippen LogP contribution in [0, 0.1) is 0 Å². The third-order valence-electron chi connectivity index (χ3n) is 5.26. The maximum Gasteiger partial charge on any atom is 0.417 e. The number of benzene rings is 1. The standard InChI is InChI=1S/C22H27F3N4O/c1-5-8-14(9-6-2)29-18(7-3)28-20-19(26-13-27-21(20)29)16-11-10-15(30-4)12-17(16)22(23,24)25/h10-14H,5-9H2,1-4H3. The first kappa shape index (κ1) is 22.1. The minimum Gasteiger partial charge on any atom is -0.497 e. The first-order valence-corrected chi connectivity index (χ1v) is 10.3. The van der Waals surface area contributed by atoms with E-state index in [0.29, 0.717) is 17.6 Å². The van der Waals surface area contributed by atoms with E-state index in [9.17, 15) is 13.2 Å². The van der Waals surface area contributed by atoms with Crippen molar-refractivity contribution in [3.05, 3.63) is 35.9 Å². The number of aryl methyl sites for hydroxylation is 1. The monoisotopic (exact) mass is 420 g/mol. The lowest BCUT2D eigenvalue weighted by Gasteiger charge is -2.20. The first-order valence-electron chi connectivity index (χ1n) is 10.3. The molecule has 0 radical (unpaired) electrons. The highest BCUT2D eigenvalue weighted by Crippen LogP contribution is 2.40. The third-order valence-corrected chi connectivity index (χ3v) is 5.26. The molecule has 1 aromatic carbocycles. The normalized spacial score (nSPS) is 12.1.